The molecule has 2 aliphatic rings. The molecule has 1 saturated carbocycles. The lowest BCUT2D eigenvalue weighted by molar-refractivity contribution is -0.147. The first-order valence-electron chi connectivity index (χ1n) is 11.8. The van der Waals surface area contributed by atoms with Crippen molar-refractivity contribution >= 4 is 29.2 Å². The van der Waals surface area contributed by atoms with E-state index in [1.54, 1.807) is 23.1 Å². The topological polar surface area (TPSA) is 99.2 Å². The lowest BCUT2D eigenvalue weighted by Gasteiger charge is -2.36. The Morgan fingerprint density at radius 1 is 0.912 bits per heavy atom. The Balaban J connectivity index is 1.51. The number of carboxylic acids is 1. The number of benzene rings is 2. The number of nitrogens with one attached hydrogen (secondary N) is 1. The quantitative estimate of drug-likeness (QED) is 0.678. The summed E-state index contributed by atoms with van der Waals surface area (Å²) in [6, 6.07) is 15.2. The Morgan fingerprint density at radius 3 is 2.24 bits per heavy atom. The summed E-state index contributed by atoms with van der Waals surface area (Å²) < 4.78 is 5.45. The van der Waals surface area contributed by atoms with E-state index in [0.29, 0.717) is 56.0 Å². The van der Waals surface area contributed by atoms with Crippen molar-refractivity contribution in [3.8, 4) is 5.75 Å². The first-order chi connectivity index (χ1) is 16.5. The van der Waals surface area contributed by atoms with Gasteiger partial charge in [-0.2, -0.15) is 0 Å². The Bertz CT molecular complexity index is 1030. The third kappa shape index (κ3) is 5.00. The van der Waals surface area contributed by atoms with Crippen LogP contribution in [0.4, 0.5) is 11.4 Å². The second kappa shape index (κ2) is 10.6. The molecule has 2 atom stereocenters. The standard InChI is InChI=1S/C26H31N3O5/c1-34-22-13-7-12-21(23(22)27-24(30)19-10-5-6-11-20(19)26(32)33)25(31)29-16-14-28(15-17-29)18-8-3-2-4-9-18/h2-4,7-9,12-13,19-20H,5-6,10-11,14-17H2,1H3,(H,27,30)(H,32,33)/t19-,20+/m0/s1. The molecule has 2 aromatic carbocycles. The van der Waals surface area contributed by atoms with E-state index in [0.717, 1.165) is 18.5 Å². The van der Waals surface area contributed by atoms with E-state index < -0.39 is 17.8 Å². The van der Waals surface area contributed by atoms with Crippen LogP contribution < -0.4 is 15.0 Å². The zero-order valence-corrected chi connectivity index (χ0v) is 19.4. The minimum absolute atomic E-state index is 0.180. The average molecular weight is 466 g/mol. The van der Waals surface area contributed by atoms with E-state index in [1.807, 2.05) is 18.2 Å². The monoisotopic (exact) mass is 465 g/mol. The molecule has 0 radical (unpaired) electrons. The SMILES string of the molecule is COc1cccc(C(=O)N2CCN(c3ccccc3)CC2)c1NC(=O)[C@H]1CCCC[C@H]1C(=O)O. The van der Waals surface area contributed by atoms with Gasteiger partial charge in [0.2, 0.25) is 5.91 Å². The molecule has 0 spiro atoms. The largest absolute Gasteiger partial charge is 0.495 e. The molecule has 4 rings (SSSR count). The highest BCUT2D eigenvalue weighted by atomic mass is 16.5. The van der Waals surface area contributed by atoms with Crippen LogP contribution in [0.2, 0.25) is 0 Å². The molecule has 2 amide bonds. The van der Waals surface area contributed by atoms with Gasteiger partial charge in [-0.05, 0) is 37.1 Å². The van der Waals surface area contributed by atoms with Crippen molar-refractivity contribution in [3.63, 3.8) is 0 Å². The lowest BCUT2D eigenvalue weighted by atomic mass is 9.78. The number of piperazine rings is 1. The fourth-order valence-electron chi connectivity index (χ4n) is 4.94. The second-order valence-corrected chi connectivity index (χ2v) is 8.82. The van der Waals surface area contributed by atoms with Crippen molar-refractivity contribution in [2.45, 2.75) is 25.7 Å². The minimum Gasteiger partial charge on any atom is -0.495 e. The summed E-state index contributed by atoms with van der Waals surface area (Å²) in [6.07, 6.45) is 2.61. The van der Waals surface area contributed by atoms with Crippen molar-refractivity contribution < 1.29 is 24.2 Å². The van der Waals surface area contributed by atoms with Gasteiger partial charge >= 0.3 is 5.97 Å². The van der Waals surface area contributed by atoms with Crippen LogP contribution in [0, 0.1) is 11.8 Å². The number of para-hydroxylation sites is 2. The van der Waals surface area contributed by atoms with Crippen LogP contribution in [-0.2, 0) is 9.59 Å². The summed E-state index contributed by atoms with van der Waals surface area (Å²) in [5, 5.41) is 12.4. The summed E-state index contributed by atoms with van der Waals surface area (Å²) in [4.78, 5) is 42.3. The second-order valence-electron chi connectivity index (χ2n) is 8.82. The summed E-state index contributed by atoms with van der Waals surface area (Å²) >= 11 is 0. The number of nitrogens with zero attached hydrogens (tertiary/aromatic N) is 2. The molecule has 8 nitrogen and oxygen atoms in total. The Hall–Kier alpha value is -3.55. The van der Waals surface area contributed by atoms with Gasteiger partial charge in [0, 0.05) is 31.9 Å². The summed E-state index contributed by atoms with van der Waals surface area (Å²) in [6.45, 7) is 2.54. The number of aliphatic carboxylic acids is 1. The Kier molecular flexibility index (Phi) is 7.35. The van der Waals surface area contributed by atoms with Gasteiger partial charge in [0.1, 0.15) is 5.75 Å². The molecule has 0 unspecified atom stereocenters. The van der Waals surface area contributed by atoms with Crippen LogP contribution in [0.3, 0.4) is 0 Å². The highest BCUT2D eigenvalue weighted by Gasteiger charge is 2.36. The van der Waals surface area contributed by atoms with Crippen LogP contribution in [0.15, 0.2) is 48.5 Å². The first-order valence-corrected chi connectivity index (χ1v) is 11.8. The maximum absolute atomic E-state index is 13.5. The predicted octanol–water partition coefficient (Wildman–Crippen LogP) is 3.49. The fraction of sp³-hybridized carbons (Fsp3) is 0.423. The lowest BCUT2D eigenvalue weighted by Crippen LogP contribution is -2.49. The third-order valence-corrected chi connectivity index (χ3v) is 6.83. The molecule has 0 bridgehead atoms. The molecule has 1 aliphatic carbocycles. The zero-order valence-electron chi connectivity index (χ0n) is 19.4. The summed E-state index contributed by atoms with van der Waals surface area (Å²) in [5.74, 6) is -2.47. The molecular weight excluding hydrogens is 434 g/mol. The van der Waals surface area contributed by atoms with Crippen LogP contribution in [0.1, 0.15) is 36.0 Å². The number of amides is 2. The van der Waals surface area contributed by atoms with Gasteiger partial charge in [-0.1, -0.05) is 37.1 Å². The average Bonchev–Trinajstić information content (AvgIpc) is 2.89. The van der Waals surface area contributed by atoms with Gasteiger partial charge in [0.05, 0.1) is 30.2 Å². The molecule has 34 heavy (non-hydrogen) atoms. The smallest absolute Gasteiger partial charge is 0.307 e. The number of carbonyl (C=O) groups excluding carboxylic acids is 2. The number of carbonyl (C=O) groups is 3. The number of hydrogen-bond donors (Lipinski definition) is 2. The van der Waals surface area contributed by atoms with E-state index in [4.69, 9.17) is 4.74 Å². The van der Waals surface area contributed by atoms with Crippen LogP contribution in [0.25, 0.3) is 0 Å². The predicted molar refractivity (Wildman–Crippen MR) is 129 cm³/mol. The first kappa shape index (κ1) is 23.6. The number of methoxy groups -OCH3 is 1. The molecule has 2 fully saturated rings. The van der Waals surface area contributed by atoms with E-state index in [-0.39, 0.29) is 11.8 Å². The molecule has 0 aromatic heterocycles. The van der Waals surface area contributed by atoms with Crippen molar-refractivity contribution in [2.24, 2.45) is 11.8 Å². The van der Waals surface area contributed by atoms with Gasteiger partial charge in [-0.25, -0.2) is 0 Å². The maximum Gasteiger partial charge on any atom is 0.307 e. The van der Waals surface area contributed by atoms with Crippen LogP contribution in [-0.4, -0.2) is 61.1 Å². The third-order valence-electron chi connectivity index (χ3n) is 6.83. The number of ether oxygens (including phenoxy) is 1. The summed E-state index contributed by atoms with van der Waals surface area (Å²) in [7, 11) is 1.48. The fourth-order valence-corrected chi connectivity index (χ4v) is 4.94. The van der Waals surface area contributed by atoms with Gasteiger partial charge in [-0.15, -0.1) is 0 Å². The number of rotatable bonds is 6. The van der Waals surface area contributed by atoms with Gasteiger partial charge < -0.3 is 25.0 Å². The highest BCUT2D eigenvalue weighted by Crippen LogP contribution is 2.34. The molecule has 1 heterocycles. The Labute approximate surface area is 199 Å². The van der Waals surface area contributed by atoms with Crippen molar-refractivity contribution in [3.05, 3.63) is 54.1 Å². The van der Waals surface area contributed by atoms with E-state index in [2.05, 4.69) is 22.3 Å². The maximum atomic E-state index is 13.5. The normalized spacial score (nSPS) is 20.5. The molecule has 1 saturated heterocycles. The molecular formula is C26H31N3O5. The van der Waals surface area contributed by atoms with E-state index in [1.165, 1.54) is 7.11 Å². The number of carboxylic acid groups (broad SMARTS) is 1. The molecule has 2 N–H and O–H groups in total. The molecule has 1 aliphatic heterocycles. The van der Waals surface area contributed by atoms with Gasteiger partial charge in [0.15, 0.2) is 0 Å². The number of hydrogen-bond acceptors (Lipinski definition) is 5. The molecule has 8 heteroatoms. The minimum atomic E-state index is -0.951. The van der Waals surface area contributed by atoms with Crippen molar-refractivity contribution in [2.75, 3.05) is 43.5 Å². The Morgan fingerprint density at radius 2 is 1.59 bits per heavy atom. The molecule has 180 valence electrons. The zero-order chi connectivity index (χ0) is 24.1. The van der Waals surface area contributed by atoms with Gasteiger partial charge in [0.25, 0.3) is 5.91 Å². The number of anilines is 2. The van der Waals surface area contributed by atoms with Crippen molar-refractivity contribution in [1.29, 1.82) is 0 Å². The summed E-state index contributed by atoms with van der Waals surface area (Å²) in [5.41, 5.74) is 1.79. The van der Waals surface area contributed by atoms with Crippen molar-refractivity contribution in [1.82, 2.24) is 4.90 Å². The van der Waals surface area contributed by atoms with Crippen LogP contribution in [0.5, 0.6) is 5.75 Å². The highest BCUT2D eigenvalue weighted by molar-refractivity contribution is 6.06. The molecule has 2 aromatic rings. The van der Waals surface area contributed by atoms with E-state index >= 15 is 0 Å². The van der Waals surface area contributed by atoms with E-state index in [9.17, 15) is 19.5 Å². The van der Waals surface area contributed by atoms with Gasteiger partial charge in [-0.3, -0.25) is 14.4 Å². The van der Waals surface area contributed by atoms with Crippen LogP contribution >= 0.6 is 0 Å².